The van der Waals surface area contributed by atoms with E-state index in [4.69, 9.17) is 0 Å². The molecule has 34 heavy (non-hydrogen) atoms. The summed E-state index contributed by atoms with van der Waals surface area (Å²) in [4.78, 5) is 28.0. The largest absolute Gasteiger partial charge is 0.294 e. The van der Waals surface area contributed by atoms with Gasteiger partial charge in [0.05, 0.1) is 0 Å². The van der Waals surface area contributed by atoms with Gasteiger partial charge in [-0.3, -0.25) is 9.59 Å². The Morgan fingerprint density at radius 1 is 0.471 bits per heavy atom. The van der Waals surface area contributed by atoms with E-state index in [1.807, 2.05) is 84.9 Å². The second-order valence-electron chi connectivity index (χ2n) is 9.28. The fourth-order valence-corrected chi connectivity index (χ4v) is 5.69. The van der Waals surface area contributed by atoms with Crippen LogP contribution in [0, 0.1) is 25.7 Å². The smallest absolute Gasteiger partial charge is 0.167 e. The Balaban J connectivity index is 1.69. The average molecular weight is 445 g/mol. The lowest BCUT2D eigenvalue weighted by Gasteiger charge is -2.52. The monoisotopic (exact) mass is 444 g/mol. The summed E-state index contributed by atoms with van der Waals surface area (Å²) in [5, 5.41) is 0. The van der Waals surface area contributed by atoms with Gasteiger partial charge in [0.15, 0.2) is 11.6 Å². The highest BCUT2D eigenvalue weighted by Crippen LogP contribution is 2.60. The Labute approximate surface area is 201 Å². The van der Waals surface area contributed by atoms with Crippen molar-refractivity contribution in [3.63, 3.8) is 0 Å². The van der Waals surface area contributed by atoms with Crippen LogP contribution >= 0.6 is 0 Å². The highest BCUT2D eigenvalue weighted by Gasteiger charge is 2.58. The predicted molar refractivity (Wildman–Crippen MR) is 136 cm³/mol. The molecule has 0 atom stereocenters. The molecular formula is C32H28O2. The van der Waals surface area contributed by atoms with Crippen LogP contribution in [0.2, 0.25) is 0 Å². The van der Waals surface area contributed by atoms with Crippen molar-refractivity contribution >= 4 is 11.6 Å². The highest BCUT2D eigenvalue weighted by molar-refractivity contribution is 6.05. The van der Waals surface area contributed by atoms with Crippen LogP contribution in [0.4, 0.5) is 0 Å². The Kier molecular flexibility index (Phi) is 5.98. The summed E-state index contributed by atoms with van der Waals surface area (Å²) in [6.07, 6.45) is 0. The number of ketones is 2. The Morgan fingerprint density at radius 3 is 1.15 bits per heavy atom. The Hall–Kier alpha value is -3.78. The van der Waals surface area contributed by atoms with Crippen molar-refractivity contribution < 1.29 is 9.59 Å². The van der Waals surface area contributed by atoms with Crippen LogP contribution in [0.25, 0.3) is 0 Å². The lowest BCUT2D eigenvalue weighted by Crippen LogP contribution is -2.51. The van der Waals surface area contributed by atoms with E-state index in [-0.39, 0.29) is 35.2 Å². The van der Waals surface area contributed by atoms with Crippen molar-refractivity contribution in [2.75, 3.05) is 0 Å². The Morgan fingerprint density at radius 2 is 0.794 bits per heavy atom. The van der Waals surface area contributed by atoms with Crippen LogP contribution in [0.3, 0.4) is 0 Å². The van der Waals surface area contributed by atoms with Gasteiger partial charge in [0.2, 0.25) is 0 Å². The summed E-state index contributed by atoms with van der Waals surface area (Å²) < 4.78 is 0. The van der Waals surface area contributed by atoms with Gasteiger partial charge in [0, 0.05) is 34.8 Å². The zero-order valence-corrected chi connectivity index (χ0v) is 19.5. The molecular weight excluding hydrogens is 416 g/mol. The zero-order chi connectivity index (χ0) is 23.7. The molecule has 168 valence electrons. The van der Waals surface area contributed by atoms with Gasteiger partial charge in [-0.2, -0.15) is 0 Å². The van der Waals surface area contributed by atoms with E-state index in [1.54, 1.807) is 0 Å². The first-order valence-electron chi connectivity index (χ1n) is 11.9. The number of carbonyl (C=O) groups excluding carboxylic acids is 2. The molecule has 0 N–H and O–H groups in total. The maximum atomic E-state index is 14.0. The summed E-state index contributed by atoms with van der Waals surface area (Å²) in [5.41, 5.74) is 5.83. The second-order valence-corrected chi connectivity index (χ2v) is 9.28. The number of Topliss-reactive ketones (excluding diaryl/α,β-unsaturated/α-hetero) is 2. The van der Waals surface area contributed by atoms with Gasteiger partial charge < -0.3 is 0 Å². The summed E-state index contributed by atoms with van der Waals surface area (Å²) in [5.74, 6) is -0.736. The van der Waals surface area contributed by atoms with Gasteiger partial charge in [0.25, 0.3) is 0 Å². The van der Waals surface area contributed by atoms with E-state index in [9.17, 15) is 9.59 Å². The normalized spacial score (nSPS) is 21.5. The van der Waals surface area contributed by atoms with E-state index >= 15 is 0 Å². The number of rotatable bonds is 6. The molecule has 1 aliphatic rings. The minimum absolute atomic E-state index is 0.110. The first-order chi connectivity index (χ1) is 16.6. The first-order valence-corrected chi connectivity index (χ1v) is 11.9. The van der Waals surface area contributed by atoms with E-state index in [0.717, 1.165) is 22.3 Å². The second kappa shape index (κ2) is 9.23. The summed E-state index contributed by atoms with van der Waals surface area (Å²) in [7, 11) is 0. The van der Waals surface area contributed by atoms with Crippen molar-refractivity contribution in [2.45, 2.75) is 25.7 Å². The molecule has 0 aromatic heterocycles. The molecule has 5 rings (SSSR count). The van der Waals surface area contributed by atoms with Gasteiger partial charge in [0.1, 0.15) is 0 Å². The zero-order valence-electron chi connectivity index (χ0n) is 19.5. The van der Waals surface area contributed by atoms with Crippen molar-refractivity contribution in [1.29, 1.82) is 0 Å². The van der Waals surface area contributed by atoms with Crippen molar-refractivity contribution in [3.05, 3.63) is 143 Å². The number of benzene rings is 4. The SMILES string of the molecule is Cc1ccccc1C1C(C(=O)c2ccccc2)C(c2ccccc2C)C1C(=O)c1ccccc1. The Bertz CT molecular complexity index is 1210. The minimum atomic E-state index is -0.303. The summed E-state index contributed by atoms with van der Waals surface area (Å²) in [6, 6.07) is 35.4. The molecule has 1 fully saturated rings. The maximum absolute atomic E-state index is 14.0. The summed E-state index contributed by atoms with van der Waals surface area (Å²) in [6.45, 7) is 4.15. The lowest BCUT2D eigenvalue weighted by molar-refractivity contribution is 0.0487. The van der Waals surface area contributed by atoms with E-state index in [0.29, 0.717) is 11.1 Å². The predicted octanol–water partition coefficient (Wildman–Crippen LogP) is 7.18. The van der Waals surface area contributed by atoms with E-state index < -0.39 is 0 Å². The fraction of sp³-hybridized carbons (Fsp3) is 0.188. The van der Waals surface area contributed by atoms with Crippen LogP contribution in [0.1, 0.15) is 54.8 Å². The molecule has 1 aliphatic carbocycles. The molecule has 0 amide bonds. The minimum Gasteiger partial charge on any atom is -0.294 e. The van der Waals surface area contributed by atoms with Crippen LogP contribution in [0.15, 0.2) is 109 Å². The van der Waals surface area contributed by atoms with Crippen molar-refractivity contribution in [3.8, 4) is 0 Å². The molecule has 0 bridgehead atoms. The highest BCUT2D eigenvalue weighted by atomic mass is 16.1. The fourth-order valence-electron chi connectivity index (χ4n) is 5.69. The van der Waals surface area contributed by atoms with Crippen LogP contribution in [0.5, 0.6) is 0 Å². The third-order valence-corrected chi connectivity index (χ3v) is 7.36. The van der Waals surface area contributed by atoms with Gasteiger partial charge in [-0.05, 0) is 36.1 Å². The molecule has 0 radical (unpaired) electrons. The van der Waals surface area contributed by atoms with Crippen LogP contribution in [-0.4, -0.2) is 11.6 Å². The van der Waals surface area contributed by atoms with Gasteiger partial charge in [-0.15, -0.1) is 0 Å². The number of carbonyl (C=O) groups is 2. The average Bonchev–Trinajstić information content (AvgIpc) is 2.86. The standard InChI is InChI=1S/C32H28O2/c1-21-13-9-11-19-25(21)27-29(31(33)23-15-5-3-6-16-23)28(26-20-12-10-14-22(26)2)30(27)32(34)24-17-7-4-8-18-24/h3-20,27-30H,1-2H3. The molecule has 0 unspecified atom stereocenters. The summed E-state index contributed by atoms with van der Waals surface area (Å²) >= 11 is 0. The number of hydrogen-bond donors (Lipinski definition) is 0. The van der Waals surface area contributed by atoms with Crippen molar-refractivity contribution in [2.24, 2.45) is 11.8 Å². The van der Waals surface area contributed by atoms with Gasteiger partial charge in [-0.1, -0.05) is 109 Å². The molecule has 0 spiro atoms. The van der Waals surface area contributed by atoms with Crippen molar-refractivity contribution in [1.82, 2.24) is 0 Å². The lowest BCUT2D eigenvalue weighted by atomic mass is 9.48. The van der Waals surface area contributed by atoms with Crippen LogP contribution < -0.4 is 0 Å². The van der Waals surface area contributed by atoms with Gasteiger partial charge in [-0.25, -0.2) is 0 Å². The number of aryl methyl sites for hydroxylation is 2. The van der Waals surface area contributed by atoms with Gasteiger partial charge >= 0.3 is 0 Å². The molecule has 2 heteroatoms. The quantitative estimate of drug-likeness (QED) is 0.295. The molecule has 4 aromatic rings. The first kappa shape index (κ1) is 22.0. The molecule has 0 heterocycles. The van der Waals surface area contributed by atoms with E-state index in [2.05, 4.69) is 38.1 Å². The molecule has 1 saturated carbocycles. The third kappa shape index (κ3) is 3.80. The van der Waals surface area contributed by atoms with E-state index in [1.165, 1.54) is 0 Å². The van der Waals surface area contributed by atoms with Crippen LogP contribution in [-0.2, 0) is 0 Å². The molecule has 0 aliphatic heterocycles. The third-order valence-electron chi connectivity index (χ3n) is 7.36. The molecule has 0 saturated heterocycles. The maximum Gasteiger partial charge on any atom is 0.167 e. The molecule has 2 nitrogen and oxygen atoms in total. The topological polar surface area (TPSA) is 34.1 Å². The molecule has 4 aromatic carbocycles. The number of hydrogen-bond acceptors (Lipinski definition) is 2.